The fourth-order valence-electron chi connectivity index (χ4n) is 0.102. The maximum atomic E-state index is 10.2. The van der Waals surface area contributed by atoms with Gasteiger partial charge in [-0.1, -0.05) is 5.75 Å². The Balaban J connectivity index is 0. The predicted molar refractivity (Wildman–Crippen MR) is 28.2 cm³/mol. The first kappa shape index (κ1) is 11.7. The summed E-state index contributed by atoms with van der Waals surface area (Å²) in [5, 5.41) is 0. The van der Waals surface area contributed by atoms with E-state index in [9.17, 15) is 8.42 Å². The van der Waals surface area contributed by atoms with Crippen molar-refractivity contribution >= 4 is 10.0 Å². The van der Waals surface area contributed by atoms with Gasteiger partial charge in [0.25, 0.3) is 0 Å². The van der Waals surface area contributed by atoms with Gasteiger partial charge < -0.3 is 6.92 Å². The van der Waals surface area contributed by atoms with Gasteiger partial charge in [0.1, 0.15) is 0 Å². The van der Waals surface area contributed by atoms with E-state index < -0.39 is 10.0 Å². The van der Waals surface area contributed by atoms with Crippen LogP contribution in [0.15, 0.2) is 0 Å². The molecule has 0 aromatic rings. The monoisotopic (exact) mass is 145 g/mol. The molecule has 0 saturated heterocycles. The first-order chi connectivity index (χ1) is 3.12. The molecule has 0 bridgehead atoms. The van der Waals surface area contributed by atoms with Gasteiger partial charge in [-0.05, 0) is 7.05 Å². The molecule has 0 amide bonds. The van der Waals surface area contributed by atoms with E-state index in [2.05, 4.69) is 11.6 Å². The number of sulfonamides is 1. The van der Waals surface area contributed by atoms with Crippen molar-refractivity contribution in [3.63, 3.8) is 0 Å². The second-order valence-corrected chi connectivity index (χ2v) is 3.07. The van der Waals surface area contributed by atoms with Crippen LogP contribution in [-0.4, -0.2) is 21.2 Å². The van der Waals surface area contributed by atoms with Crippen molar-refractivity contribution in [3.05, 3.63) is 6.92 Å². The van der Waals surface area contributed by atoms with Crippen molar-refractivity contribution in [3.8, 4) is 0 Å². The average molecular weight is 145 g/mol. The van der Waals surface area contributed by atoms with Gasteiger partial charge in [-0.3, -0.25) is 0 Å². The minimum atomic E-state index is -3.02. The molecule has 0 aliphatic rings. The zero-order valence-corrected chi connectivity index (χ0v) is 7.96. The Morgan fingerprint density at radius 1 is 1.62 bits per heavy atom. The van der Waals surface area contributed by atoms with Crippen molar-refractivity contribution in [1.82, 2.24) is 4.72 Å². The first-order valence-corrected chi connectivity index (χ1v) is 3.48. The Kier molecular flexibility index (Phi) is 6.94. The molecule has 0 rings (SSSR count). The van der Waals surface area contributed by atoms with E-state index >= 15 is 0 Å². The van der Waals surface area contributed by atoms with Crippen LogP contribution in [0.4, 0.5) is 0 Å². The second-order valence-electron chi connectivity index (χ2n) is 1.02. The largest absolute Gasteiger partial charge is 1.00 e. The third kappa shape index (κ3) is 5.05. The number of hydrogen-bond donors (Lipinski definition) is 1. The van der Waals surface area contributed by atoms with Crippen molar-refractivity contribution in [2.24, 2.45) is 0 Å². The van der Waals surface area contributed by atoms with Crippen LogP contribution < -0.4 is 34.3 Å². The predicted octanol–water partition coefficient (Wildman–Crippen LogP) is -3.63. The molecule has 0 fully saturated rings. The van der Waals surface area contributed by atoms with E-state index in [1.165, 1.54) is 7.05 Å². The molecular weight excluding hydrogens is 137 g/mol. The van der Waals surface area contributed by atoms with Crippen LogP contribution in [0.2, 0.25) is 0 Å². The zero-order valence-electron chi connectivity index (χ0n) is 5.14. The van der Waals surface area contributed by atoms with Crippen LogP contribution in [0, 0.1) is 6.92 Å². The average Bonchev–Trinajstić information content (AvgIpc) is 1.68. The van der Waals surface area contributed by atoms with Gasteiger partial charge in [-0.2, -0.15) is 0 Å². The van der Waals surface area contributed by atoms with Gasteiger partial charge in [0.2, 0.25) is 0 Å². The summed E-state index contributed by atoms with van der Waals surface area (Å²) in [4.78, 5) is 0. The molecule has 3 nitrogen and oxygen atoms in total. The molecular formula is C3H8NNaO2S. The molecule has 0 unspecified atom stereocenters. The summed E-state index contributed by atoms with van der Waals surface area (Å²) in [6, 6.07) is 0. The van der Waals surface area contributed by atoms with Crippen LogP contribution in [0.3, 0.4) is 0 Å². The van der Waals surface area contributed by atoms with E-state index in [1.807, 2.05) is 0 Å². The Bertz CT molecular complexity index is 120. The van der Waals surface area contributed by atoms with Crippen LogP contribution in [0.5, 0.6) is 0 Å². The van der Waals surface area contributed by atoms with Gasteiger partial charge in [0.05, 0.1) is 0 Å². The summed E-state index contributed by atoms with van der Waals surface area (Å²) in [5.74, 6) is -0.0938. The molecule has 0 spiro atoms. The summed E-state index contributed by atoms with van der Waals surface area (Å²) in [7, 11) is -1.66. The van der Waals surface area contributed by atoms with E-state index in [4.69, 9.17) is 0 Å². The smallest absolute Gasteiger partial charge is 0.327 e. The summed E-state index contributed by atoms with van der Waals surface area (Å²) < 4.78 is 22.5. The Morgan fingerprint density at radius 2 is 2.00 bits per heavy atom. The Morgan fingerprint density at radius 3 is 2.00 bits per heavy atom. The molecule has 0 atom stereocenters. The fraction of sp³-hybridized carbons (Fsp3) is 0.667. The molecule has 5 heteroatoms. The summed E-state index contributed by atoms with van der Waals surface area (Å²) >= 11 is 0. The molecule has 0 aromatic heterocycles. The first-order valence-electron chi connectivity index (χ1n) is 1.83. The van der Waals surface area contributed by atoms with Crippen molar-refractivity contribution in [2.45, 2.75) is 0 Å². The van der Waals surface area contributed by atoms with E-state index in [0.717, 1.165) is 0 Å². The maximum Gasteiger partial charge on any atom is 1.00 e. The number of hydrogen-bond acceptors (Lipinski definition) is 2. The quantitative estimate of drug-likeness (QED) is 0.322. The van der Waals surface area contributed by atoms with Crippen LogP contribution >= 0.6 is 0 Å². The molecule has 1 N–H and O–H groups in total. The van der Waals surface area contributed by atoms with Gasteiger partial charge in [0, 0.05) is 0 Å². The molecule has 0 aromatic carbocycles. The maximum absolute atomic E-state index is 10.2. The fourth-order valence-corrected chi connectivity index (χ4v) is 0.306. The van der Waals surface area contributed by atoms with E-state index in [0.29, 0.717) is 0 Å². The van der Waals surface area contributed by atoms with Crippen molar-refractivity contribution < 1.29 is 38.0 Å². The van der Waals surface area contributed by atoms with Crippen LogP contribution in [0.1, 0.15) is 0 Å². The summed E-state index contributed by atoms with van der Waals surface area (Å²) in [6.45, 7) is 3.18. The molecule has 8 heavy (non-hydrogen) atoms. The Hall–Kier alpha value is 0.910. The SMILES string of the molecule is [CH2-]CS(=O)(=O)NC.[Na+]. The van der Waals surface area contributed by atoms with E-state index in [-0.39, 0.29) is 35.3 Å². The van der Waals surface area contributed by atoms with Crippen LogP contribution in [-0.2, 0) is 10.0 Å². The van der Waals surface area contributed by atoms with Gasteiger partial charge in [-0.15, -0.1) is 0 Å². The van der Waals surface area contributed by atoms with Gasteiger partial charge >= 0.3 is 29.6 Å². The molecule has 0 heterocycles. The normalized spacial score (nSPS) is 10.2. The number of rotatable bonds is 2. The van der Waals surface area contributed by atoms with Gasteiger partial charge in [0.15, 0.2) is 10.0 Å². The third-order valence-corrected chi connectivity index (χ3v) is 1.74. The molecule has 0 saturated carbocycles. The molecule has 44 valence electrons. The minimum Gasteiger partial charge on any atom is -0.327 e. The van der Waals surface area contributed by atoms with Gasteiger partial charge in [-0.25, -0.2) is 13.1 Å². The minimum absolute atomic E-state index is 0. The van der Waals surface area contributed by atoms with Crippen LogP contribution in [0.25, 0.3) is 0 Å². The van der Waals surface area contributed by atoms with E-state index in [1.54, 1.807) is 0 Å². The number of nitrogens with one attached hydrogen (secondary N) is 1. The third-order valence-electron chi connectivity index (χ3n) is 0.580. The standard InChI is InChI=1S/C3H8NO2S.Na/c1-3-7(5,6)4-2;/h4H,1,3H2,2H3;/q-1;+1. The molecule has 0 radical (unpaired) electrons. The zero-order chi connectivity index (χ0) is 5.91. The topological polar surface area (TPSA) is 46.2 Å². The van der Waals surface area contributed by atoms with Crippen molar-refractivity contribution in [2.75, 3.05) is 12.8 Å². The van der Waals surface area contributed by atoms with Crippen molar-refractivity contribution in [1.29, 1.82) is 0 Å². The summed E-state index contributed by atoms with van der Waals surface area (Å²) in [6.07, 6.45) is 0. The molecule has 0 aliphatic carbocycles. The summed E-state index contributed by atoms with van der Waals surface area (Å²) in [5.41, 5.74) is 0. The second kappa shape index (κ2) is 4.76. The molecule has 0 aliphatic heterocycles. The Labute approximate surface area is 72.2 Å².